The Kier molecular flexibility index (Phi) is 2.34. The van der Waals surface area contributed by atoms with Gasteiger partial charge in [0, 0.05) is 27.8 Å². The first-order valence-electron chi connectivity index (χ1n) is 3.81. The van der Waals surface area contributed by atoms with Crippen LogP contribution in [0.1, 0.15) is 20.3 Å². The maximum absolute atomic E-state index is 11.6. The van der Waals surface area contributed by atoms with Crippen LogP contribution in [0.3, 0.4) is 0 Å². The zero-order chi connectivity index (χ0) is 7.61. The SMILES string of the molecule is CC(C)CS1(=O)=NCCC1. The molecule has 0 radical (unpaired) electrons. The number of nitrogens with zero attached hydrogens (tertiary/aromatic N) is 1. The molecule has 1 aliphatic rings. The van der Waals surface area contributed by atoms with E-state index in [0.717, 1.165) is 24.5 Å². The Morgan fingerprint density at radius 3 is 2.70 bits per heavy atom. The van der Waals surface area contributed by atoms with E-state index in [4.69, 9.17) is 0 Å². The molecule has 1 heterocycles. The fourth-order valence-electron chi connectivity index (χ4n) is 1.24. The molecule has 10 heavy (non-hydrogen) atoms. The lowest BCUT2D eigenvalue weighted by atomic mass is 10.3. The van der Waals surface area contributed by atoms with Gasteiger partial charge in [0.1, 0.15) is 0 Å². The van der Waals surface area contributed by atoms with Gasteiger partial charge >= 0.3 is 0 Å². The van der Waals surface area contributed by atoms with E-state index in [1.807, 2.05) is 0 Å². The number of rotatable bonds is 2. The molecule has 0 spiro atoms. The Hall–Kier alpha value is -0.0500. The summed E-state index contributed by atoms with van der Waals surface area (Å²) in [4.78, 5) is 0. The minimum absolute atomic E-state index is 0.523. The highest BCUT2D eigenvalue weighted by atomic mass is 32.2. The normalized spacial score (nSPS) is 32.7. The van der Waals surface area contributed by atoms with E-state index in [0.29, 0.717) is 5.92 Å². The first-order valence-corrected chi connectivity index (χ1v) is 5.66. The molecule has 2 nitrogen and oxygen atoms in total. The molecular formula is C7H15NOS. The van der Waals surface area contributed by atoms with Gasteiger partial charge in [0.25, 0.3) is 0 Å². The van der Waals surface area contributed by atoms with Gasteiger partial charge in [-0.25, -0.2) is 8.57 Å². The molecule has 0 aromatic carbocycles. The second-order valence-corrected chi connectivity index (χ2v) is 5.79. The Morgan fingerprint density at radius 1 is 1.60 bits per heavy atom. The summed E-state index contributed by atoms with van der Waals surface area (Å²) < 4.78 is 15.8. The topological polar surface area (TPSA) is 29.4 Å². The molecule has 0 aromatic heterocycles. The van der Waals surface area contributed by atoms with Gasteiger partial charge in [0.2, 0.25) is 0 Å². The van der Waals surface area contributed by atoms with E-state index in [-0.39, 0.29) is 0 Å². The van der Waals surface area contributed by atoms with Crippen LogP contribution in [0.2, 0.25) is 0 Å². The van der Waals surface area contributed by atoms with Crippen LogP contribution in [0.5, 0.6) is 0 Å². The maximum Gasteiger partial charge on any atom is 0.0493 e. The Bertz CT molecular complexity index is 214. The van der Waals surface area contributed by atoms with Crippen molar-refractivity contribution >= 4 is 9.73 Å². The molecule has 1 atom stereocenters. The number of hydrogen-bond donors (Lipinski definition) is 0. The largest absolute Gasteiger partial charge is 0.250 e. The molecule has 0 fully saturated rings. The van der Waals surface area contributed by atoms with Gasteiger partial charge in [-0.05, 0) is 12.3 Å². The molecule has 0 bridgehead atoms. The van der Waals surface area contributed by atoms with Crippen molar-refractivity contribution in [3.63, 3.8) is 0 Å². The molecule has 0 saturated heterocycles. The van der Waals surface area contributed by atoms with Crippen molar-refractivity contribution in [1.29, 1.82) is 0 Å². The predicted octanol–water partition coefficient (Wildman–Crippen LogP) is 1.51. The first-order chi connectivity index (χ1) is 4.62. The van der Waals surface area contributed by atoms with Crippen molar-refractivity contribution in [3.05, 3.63) is 0 Å². The van der Waals surface area contributed by atoms with E-state index in [2.05, 4.69) is 18.2 Å². The maximum atomic E-state index is 11.6. The Labute approximate surface area is 63.2 Å². The van der Waals surface area contributed by atoms with Crippen molar-refractivity contribution in [2.24, 2.45) is 10.3 Å². The zero-order valence-electron chi connectivity index (χ0n) is 6.67. The van der Waals surface area contributed by atoms with Crippen LogP contribution >= 0.6 is 0 Å². The van der Waals surface area contributed by atoms with Gasteiger partial charge in [0.05, 0.1) is 0 Å². The molecular weight excluding hydrogens is 146 g/mol. The van der Waals surface area contributed by atoms with Gasteiger partial charge in [0.15, 0.2) is 0 Å². The third-order valence-electron chi connectivity index (χ3n) is 1.54. The fourth-order valence-corrected chi connectivity index (χ4v) is 3.73. The second kappa shape index (κ2) is 2.91. The third kappa shape index (κ3) is 1.97. The lowest BCUT2D eigenvalue weighted by Crippen LogP contribution is -2.11. The lowest BCUT2D eigenvalue weighted by Gasteiger charge is -2.05. The summed E-state index contributed by atoms with van der Waals surface area (Å²) in [5.74, 6) is 2.16. The molecule has 0 amide bonds. The van der Waals surface area contributed by atoms with Crippen LogP contribution in [0.15, 0.2) is 4.36 Å². The van der Waals surface area contributed by atoms with Crippen molar-refractivity contribution in [2.45, 2.75) is 20.3 Å². The van der Waals surface area contributed by atoms with Crippen molar-refractivity contribution in [1.82, 2.24) is 0 Å². The van der Waals surface area contributed by atoms with E-state index >= 15 is 0 Å². The molecule has 0 N–H and O–H groups in total. The summed E-state index contributed by atoms with van der Waals surface area (Å²) >= 11 is 0. The van der Waals surface area contributed by atoms with Gasteiger partial charge in [-0.3, -0.25) is 0 Å². The van der Waals surface area contributed by atoms with Crippen LogP contribution in [-0.4, -0.2) is 22.3 Å². The summed E-state index contributed by atoms with van der Waals surface area (Å²) in [6, 6.07) is 0. The van der Waals surface area contributed by atoms with Crippen LogP contribution in [0.4, 0.5) is 0 Å². The first kappa shape index (κ1) is 8.05. The fraction of sp³-hybridized carbons (Fsp3) is 1.00. The molecule has 1 aliphatic heterocycles. The standard InChI is InChI=1S/C7H15NOS/c1-7(2)6-10(9)5-3-4-8-10/h7H,3-6H2,1-2H3. The van der Waals surface area contributed by atoms with Gasteiger partial charge in [-0.2, -0.15) is 0 Å². The van der Waals surface area contributed by atoms with Gasteiger partial charge < -0.3 is 0 Å². The lowest BCUT2D eigenvalue weighted by molar-refractivity contribution is 0.660. The van der Waals surface area contributed by atoms with Crippen LogP contribution < -0.4 is 0 Å². The van der Waals surface area contributed by atoms with Crippen LogP contribution in [0, 0.1) is 5.92 Å². The van der Waals surface area contributed by atoms with E-state index in [1.54, 1.807) is 0 Å². The number of hydrogen-bond acceptors (Lipinski definition) is 2. The molecule has 0 aliphatic carbocycles. The van der Waals surface area contributed by atoms with E-state index < -0.39 is 9.73 Å². The molecule has 60 valence electrons. The molecule has 3 heteroatoms. The van der Waals surface area contributed by atoms with Gasteiger partial charge in [-0.15, -0.1) is 0 Å². The minimum atomic E-state index is -1.73. The minimum Gasteiger partial charge on any atom is -0.250 e. The smallest absolute Gasteiger partial charge is 0.0493 e. The highest BCUT2D eigenvalue weighted by molar-refractivity contribution is 7.93. The predicted molar refractivity (Wildman–Crippen MR) is 44.6 cm³/mol. The van der Waals surface area contributed by atoms with E-state index in [1.165, 1.54) is 0 Å². The molecule has 1 rings (SSSR count). The van der Waals surface area contributed by atoms with Crippen molar-refractivity contribution < 1.29 is 4.21 Å². The van der Waals surface area contributed by atoms with Crippen molar-refractivity contribution in [3.8, 4) is 0 Å². The Morgan fingerprint density at radius 2 is 2.30 bits per heavy atom. The average Bonchev–Trinajstić information content (AvgIpc) is 2.12. The summed E-state index contributed by atoms with van der Waals surface area (Å²) in [7, 11) is -1.73. The second-order valence-electron chi connectivity index (χ2n) is 3.24. The van der Waals surface area contributed by atoms with Crippen LogP contribution in [0.25, 0.3) is 0 Å². The summed E-state index contributed by atoms with van der Waals surface area (Å²) in [5, 5.41) is 0. The summed E-state index contributed by atoms with van der Waals surface area (Å²) in [6.45, 7) is 5.02. The monoisotopic (exact) mass is 161 g/mol. The average molecular weight is 161 g/mol. The van der Waals surface area contributed by atoms with Gasteiger partial charge in [-0.1, -0.05) is 13.8 Å². The highest BCUT2D eigenvalue weighted by Gasteiger charge is 2.15. The molecule has 0 saturated carbocycles. The summed E-state index contributed by atoms with van der Waals surface area (Å²) in [5.41, 5.74) is 0. The summed E-state index contributed by atoms with van der Waals surface area (Å²) in [6.07, 6.45) is 1.03. The third-order valence-corrected chi connectivity index (χ3v) is 4.31. The van der Waals surface area contributed by atoms with Crippen molar-refractivity contribution in [2.75, 3.05) is 18.1 Å². The van der Waals surface area contributed by atoms with E-state index in [9.17, 15) is 4.21 Å². The highest BCUT2D eigenvalue weighted by Crippen LogP contribution is 2.11. The molecule has 1 unspecified atom stereocenters. The quantitative estimate of drug-likeness (QED) is 0.603. The Balaban J connectivity index is 2.61. The zero-order valence-corrected chi connectivity index (χ0v) is 7.49. The van der Waals surface area contributed by atoms with Crippen LogP contribution in [-0.2, 0) is 9.73 Å². The molecule has 0 aromatic rings.